The highest BCUT2D eigenvalue weighted by Crippen LogP contribution is 2.23. The molecule has 2 rings (SSSR count). The summed E-state index contributed by atoms with van der Waals surface area (Å²) in [6, 6.07) is 6.68. The second-order valence-corrected chi connectivity index (χ2v) is 5.78. The van der Waals surface area contributed by atoms with E-state index in [1.807, 2.05) is 0 Å². The topological polar surface area (TPSA) is 42.0 Å². The normalized spacial score (nSPS) is 10.1. The summed E-state index contributed by atoms with van der Waals surface area (Å²) in [5.41, 5.74) is 0.552. The number of anilines is 1. The number of nitrogens with zero attached hydrogens (tertiary/aromatic N) is 1. The Bertz CT molecular complexity index is 512. The van der Waals surface area contributed by atoms with Crippen LogP contribution < -0.4 is 5.32 Å². The molecular weight excluding hydrogens is 312 g/mol. The Kier molecular flexibility index (Phi) is 3.58. The van der Waals surface area contributed by atoms with Crippen molar-refractivity contribution in [2.24, 2.45) is 0 Å². The van der Waals surface area contributed by atoms with Crippen LogP contribution in [0.2, 0.25) is 5.02 Å². The predicted molar refractivity (Wildman–Crippen MR) is 69.2 cm³/mol. The van der Waals surface area contributed by atoms with Gasteiger partial charge in [0.15, 0.2) is 5.13 Å². The number of rotatable bonds is 2. The Morgan fingerprint density at radius 3 is 2.62 bits per heavy atom. The maximum absolute atomic E-state index is 11.7. The number of hydrogen-bond donors (Lipinski definition) is 1. The number of aromatic nitrogens is 1. The number of benzene rings is 1. The van der Waals surface area contributed by atoms with Gasteiger partial charge < -0.3 is 0 Å². The van der Waals surface area contributed by atoms with Gasteiger partial charge in [0, 0.05) is 10.6 Å². The van der Waals surface area contributed by atoms with Crippen molar-refractivity contribution < 1.29 is 4.79 Å². The molecule has 1 aromatic carbocycles. The third-order valence-electron chi connectivity index (χ3n) is 1.80. The van der Waals surface area contributed by atoms with Crippen molar-refractivity contribution in [3.8, 4) is 0 Å². The first-order valence-electron chi connectivity index (χ1n) is 4.33. The molecular formula is C10H6BrClN2OS. The van der Waals surface area contributed by atoms with E-state index in [9.17, 15) is 4.79 Å². The van der Waals surface area contributed by atoms with Gasteiger partial charge in [-0.05, 0) is 40.2 Å². The number of hydrogen-bond acceptors (Lipinski definition) is 3. The fourth-order valence-electron chi connectivity index (χ4n) is 1.08. The van der Waals surface area contributed by atoms with Gasteiger partial charge in [0.2, 0.25) is 0 Å². The highest BCUT2D eigenvalue weighted by molar-refractivity contribution is 9.11. The van der Waals surface area contributed by atoms with Crippen LogP contribution in [0.5, 0.6) is 0 Å². The first-order chi connectivity index (χ1) is 7.65. The van der Waals surface area contributed by atoms with E-state index >= 15 is 0 Å². The van der Waals surface area contributed by atoms with E-state index in [4.69, 9.17) is 11.6 Å². The Balaban J connectivity index is 2.11. The number of amides is 1. The smallest absolute Gasteiger partial charge is 0.257 e. The standard InChI is InChI=1S/C10H6BrClN2OS/c11-8-5-13-10(16-8)14-9(15)6-1-3-7(12)4-2-6/h1-5H,(H,13,14,15). The van der Waals surface area contributed by atoms with Crippen molar-refractivity contribution in [1.82, 2.24) is 4.98 Å². The minimum atomic E-state index is -0.196. The number of halogens is 2. The lowest BCUT2D eigenvalue weighted by atomic mass is 10.2. The third kappa shape index (κ3) is 2.81. The molecule has 0 bridgehead atoms. The molecule has 0 fully saturated rings. The SMILES string of the molecule is O=C(Nc1ncc(Br)s1)c1ccc(Cl)cc1. The van der Waals surface area contributed by atoms with E-state index in [-0.39, 0.29) is 5.91 Å². The van der Waals surface area contributed by atoms with Crippen molar-refractivity contribution >= 4 is 49.9 Å². The molecule has 0 radical (unpaired) electrons. The Labute approximate surface area is 110 Å². The average Bonchev–Trinajstić information content (AvgIpc) is 2.65. The highest BCUT2D eigenvalue weighted by Gasteiger charge is 2.07. The molecule has 0 atom stereocenters. The highest BCUT2D eigenvalue weighted by atomic mass is 79.9. The molecule has 0 spiro atoms. The number of nitrogens with one attached hydrogen (secondary N) is 1. The van der Waals surface area contributed by atoms with Crippen LogP contribution in [-0.4, -0.2) is 10.9 Å². The van der Waals surface area contributed by atoms with Gasteiger partial charge in [-0.3, -0.25) is 10.1 Å². The number of carbonyl (C=O) groups is 1. The minimum Gasteiger partial charge on any atom is -0.298 e. The number of carbonyl (C=O) groups excluding carboxylic acids is 1. The maximum atomic E-state index is 11.7. The Hall–Kier alpha value is -0.910. The van der Waals surface area contributed by atoms with Gasteiger partial charge in [-0.1, -0.05) is 22.9 Å². The van der Waals surface area contributed by atoms with Crippen LogP contribution in [0.4, 0.5) is 5.13 Å². The molecule has 0 aliphatic rings. The van der Waals surface area contributed by atoms with Gasteiger partial charge >= 0.3 is 0 Å². The van der Waals surface area contributed by atoms with Crippen LogP contribution in [-0.2, 0) is 0 Å². The van der Waals surface area contributed by atoms with Gasteiger partial charge in [0.1, 0.15) is 0 Å². The lowest BCUT2D eigenvalue weighted by Gasteiger charge is -2.00. The maximum Gasteiger partial charge on any atom is 0.257 e. The quantitative estimate of drug-likeness (QED) is 0.915. The summed E-state index contributed by atoms with van der Waals surface area (Å²) in [7, 11) is 0. The van der Waals surface area contributed by atoms with Crippen LogP contribution in [0.25, 0.3) is 0 Å². The van der Waals surface area contributed by atoms with Crippen molar-refractivity contribution in [3.63, 3.8) is 0 Å². The van der Waals surface area contributed by atoms with Crippen molar-refractivity contribution in [3.05, 3.63) is 44.8 Å². The summed E-state index contributed by atoms with van der Waals surface area (Å²) in [5.74, 6) is -0.196. The first-order valence-corrected chi connectivity index (χ1v) is 6.32. The fourth-order valence-corrected chi connectivity index (χ4v) is 2.31. The van der Waals surface area contributed by atoms with E-state index in [0.717, 1.165) is 3.79 Å². The molecule has 0 aliphatic heterocycles. The molecule has 0 aliphatic carbocycles. The zero-order valence-electron chi connectivity index (χ0n) is 7.91. The predicted octanol–water partition coefficient (Wildman–Crippen LogP) is 3.81. The zero-order valence-corrected chi connectivity index (χ0v) is 11.1. The zero-order chi connectivity index (χ0) is 11.5. The second kappa shape index (κ2) is 4.95. The van der Waals surface area contributed by atoms with E-state index < -0.39 is 0 Å². The summed E-state index contributed by atoms with van der Waals surface area (Å²) in [6.07, 6.45) is 1.64. The number of thiazole rings is 1. The fraction of sp³-hybridized carbons (Fsp3) is 0. The van der Waals surface area contributed by atoms with E-state index in [1.165, 1.54) is 11.3 Å². The largest absolute Gasteiger partial charge is 0.298 e. The monoisotopic (exact) mass is 316 g/mol. The molecule has 0 unspecified atom stereocenters. The third-order valence-corrected chi connectivity index (χ3v) is 3.45. The summed E-state index contributed by atoms with van der Waals surface area (Å²) < 4.78 is 0.874. The Morgan fingerprint density at radius 2 is 2.06 bits per heavy atom. The molecule has 1 heterocycles. The van der Waals surface area contributed by atoms with Gasteiger partial charge in [0.25, 0.3) is 5.91 Å². The van der Waals surface area contributed by atoms with Crippen LogP contribution in [0.15, 0.2) is 34.2 Å². The van der Waals surface area contributed by atoms with Crippen molar-refractivity contribution in [2.75, 3.05) is 5.32 Å². The molecule has 1 aromatic heterocycles. The molecule has 0 saturated heterocycles. The van der Waals surface area contributed by atoms with Crippen LogP contribution >= 0.6 is 38.9 Å². The lowest BCUT2D eigenvalue weighted by Crippen LogP contribution is -2.11. The van der Waals surface area contributed by atoms with E-state index in [2.05, 4.69) is 26.2 Å². The first kappa shape index (κ1) is 11.6. The van der Waals surface area contributed by atoms with Gasteiger partial charge in [-0.2, -0.15) is 0 Å². The molecule has 1 N–H and O–H groups in total. The summed E-state index contributed by atoms with van der Waals surface area (Å²) in [5, 5.41) is 3.86. The molecule has 2 aromatic rings. The summed E-state index contributed by atoms with van der Waals surface area (Å²) in [6.45, 7) is 0. The van der Waals surface area contributed by atoms with Gasteiger partial charge in [-0.15, -0.1) is 0 Å². The van der Waals surface area contributed by atoms with Gasteiger partial charge in [0.05, 0.1) is 9.98 Å². The minimum absolute atomic E-state index is 0.196. The molecule has 0 saturated carbocycles. The van der Waals surface area contributed by atoms with Crippen LogP contribution in [0.3, 0.4) is 0 Å². The molecule has 16 heavy (non-hydrogen) atoms. The van der Waals surface area contributed by atoms with Crippen LogP contribution in [0.1, 0.15) is 10.4 Å². The average molecular weight is 318 g/mol. The molecule has 1 amide bonds. The summed E-state index contributed by atoms with van der Waals surface area (Å²) in [4.78, 5) is 15.7. The van der Waals surface area contributed by atoms with Gasteiger partial charge in [-0.25, -0.2) is 4.98 Å². The van der Waals surface area contributed by atoms with E-state index in [1.54, 1.807) is 30.5 Å². The van der Waals surface area contributed by atoms with E-state index in [0.29, 0.717) is 15.7 Å². The van der Waals surface area contributed by atoms with Crippen molar-refractivity contribution in [1.29, 1.82) is 0 Å². The Morgan fingerprint density at radius 1 is 1.38 bits per heavy atom. The molecule has 82 valence electrons. The van der Waals surface area contributed by atoms with Crippen molar-refractivity contribution in [2.45, 2.75) is 0 Å². The second-order valence-electron chi connectivity index (χ2n) is 2.93. The lowest BCUT2D eigenvalue weighted by molar-refractivity contribution is 0.102. The molecule has 6 heteroatoms. The summed E-state index contributed by atoms with van der Waals surface area (Å²) >= 11 is 10.4. The van der Waals surface area contributed by atoms with Crippen LogP contribution in [0, 0.1) is 0 Å². The molecule has 3 nitrogen and oxygen atoms in total.